The zero-order chi connectivity index (χ0) is 22.7. The minimum atomic E-state index is -1.15. The monoisotopic (exact) mass is 590 g/mol. The Morgan fingerprint density at radius 3 is 2.68 bits per heavy atom. The normalized spacial score (nSPS) is 11.4. The van der Waals surface area contributed by atoms with Crippen molar-refractivity contribution in [1.29, 1.82) is 0 Å². The summed E-state index contributed by atoms with van der Waals surface area (Å²) in [4.78, 5) is 28.6. The lowest BCUT2D eigenvalue weighted by Crippen LogP contribution is -2.16. The predicted molar refractivity (Wildman–Crippen MR) is 122 cm³/mol. The summed E-state index contributed by atoms with van der Waals surface area (Å²) in [6.45, 7) is 0. The van der Waals surface area contributed by atoms with Crippen molar-refractivity contribution in [2.45, 2.75) is 0 Å². The number of anilines is 1. The molecule has 0 spiro atoms. The van der Waals surface area contributed by atoms with E-state index in [4.69, 9.17) is 23.2 Å². The van der Waals surface area contributed by atoms with Crippen molar-refractivity contribution in [2.24, 2.45) is 0 Å². The Labute approximate surface area is 202 Å². The smallest absolute Gasteiger partial charge is 0.340 e. The number of halogens is 5. The summed E-state index contributed by atoms with van der Waals surface area (Å²) in [6.07, 6.45) is 2.46. The first-order valence-corrected chi connectivity index (χ1v) is 10.7. The van der Waals surface area contributed by atoms with Crippen LogP contribution in [0.25, 0.3) is 11.9 Å². The number of benzene rings is 1. The predicted octanol–water partition coefficient (Wildman–Crippen LogP) is 5.83. The molecule has 0 unspecified atom stereocenters. The minimum absolute atomic E-state index is 0.00672. The number of nitrogens with one attached hydrogen (secondary N) is 1. The van der Waals surface area contributed by atoms with Crippen LogP contribution in [0.3, 0.4) is 0 Å². The molecular formula is C19H11Br2Cl2FN4O3. The van der Waals surface area contributed by atoms with Gasteiger partial charge in [0.05, 0.1) is 29.1 Å². The van der Waals surface area contributed by atoms with Gasteiger partial charge in [-0.05, 0) is 62.2 Å². The van der Waals surface area contributed by atoms with E-state index in [1.54, 1.807) is 12.1 Å². The molecule has 0 aliphatic carbocycles. The van der Waals surface area contributed by atoms with Gasteiger partial charge < -0.3 is 10.1 Å². The standard InChI is InChI=1S/C19H11Br2Cl2FN4O3/c1-31-19(30)11-5-9(22)6-12(20)16(11)26-18(29)14(24)7-10-8-15(21)27-28(10)17-13(23)3-2-4-25-17/h2-8H,1H3,(H,26,29)/b14-7-. The summed E-state index contributed by atoms with van der Waals surface area (Å²) < 4.78 is 21.4. The maximum atomic E-state index is 14.8. The molecule has 3 aromatic rings. The number of hydrogen-bond donors (Lipinski definition) is 1. The molecule has 0 radical (unpaired) electrons. The van der Waals surface area contributed by atoms with Crippen LogP contribution in [-0.4, -0.2) is 33.8 Å². The second-order valence-electron chi connectivity index (χ2n) is 5.86. The number of rotatable bonds is 5. The van der Waals surface area contributed by atoms with Crippen molar-refractivity contribution in [3.05, 3.63) is 72.7 Å². The number of pyridine rings is 1. The van der Waals surface area contributed by atoms with Gasteiger partial charge in [0.1, 0.15) is 4.60 Å². The summed E-state index contributed by atoms with van der Waals surface area (Å²) >= 11 is 18.5. The molecule has 0 fully saturated rings. The summed E-state index contributed by atoms with van der Waals surface area (Å²) in [5.74, 6) is -2.76. The topological polar surface area (TPSA) is 86.1 Å². The van der Waals surface area contributed by atoms with Crippen molar-refractivity contribution >= 4 is 78.7 Å². The molecule has 0 bridgehead atoms. The first-order valence-electron chi connectivity index (χ1n) is 8.33. The highest BCUT2D eigenvalue weighted by molar-refractivity contribution is 9.10. The van der Waals surface area contributed by atoms with Crippen LogP contribution in [0.2, 0.25) is 10.0 Å². The Bertz CT molecular complexity index is 1220. The molecule has 0 atom stereocenters. The van der Waals surface area contributed by atoms with Crippen LogP contribution in [0.5, 0.6) is 0 Å². The second kappa shape index (κ2) is 9.90. The van der Waals surface area contributed by atoms with Crippen LogP contribution in [0.1, 0.15) is 16.1 Å². The van der Waals surface area contributed by atoms with E-state index in [0.717, 1.165) is 6.08 Å². The van der Waals surface area contributed by atoms with E-state index in [9.17, 15) is 14.0 Å². The minimum Gasteiger partial charge on any atom is -0.465 e. The fraction of sp³-hybridized carbons (Fsp3) is 0.0526. The zero-order valence-corrected chi connectivity index (χ0v) is 20.2. The number of carbonyl (C=O) groups excluding carboxylic acids is 2. The summed E-state index contributed by atoms with van der Waals surface area (Å²) in [5, 5.41) is 7.02. The van der Waals surface area contributed by atoms with Gasteiger partial charge in [-0.1, -0.05) is 23.2 Å². The quantitative estimate of drug-likeness (QED) is 0.297. The van der Waals surface area contributed by atoms with E-state index in [2.05, 4.69) is 52.0 Å². The van der Waals surface area contributed by atoms with Gasteiger partial charge in [-0.3, -0.25) is 4.79 Å². The first-order chi connectivity index (χ1) is 14.7. The Balaban J connectivity index is 1.96. The average Bonchev–Trinajstić information content (AvgIpc) is 3.09. The molecule has 2 aromatic heterocycles. The summed E-state index contributed by atoms with van der Waals surface area (Å²) in [7, 11) is 1.17. The van der Waals surface area contributed by atoms with Crippen molar-refractivity contribution < 1.29 is 18.7 Å². The molecule has 1 aromatic carbocycles. The molecule has 0 saturated heterocycles. The molecule has 2 heterocycles. The zero-order valence-electron chi connectivity index (χ0n) is 15.5. The van der Waals surface area contributed by atoms with E-state index < -0.39 is 17.7 Å². The molecule has 1 amide bonds. The Kier molecular flexibility index (Phi) is 7.47. The van der Waals surface area contributed by atoms with E-state index in [1.807, 2.05) is 0 Å². The second-order valence-corrected chi connectivity index (χ2v) is 8.37. The Hall–Kier alpha value is -2.27. The fourth-order valence-electron chi connectivity index (χ4n) is 2.51. The Morgan fingerprint density at radius 1 is 1.26 bits per heavy atom. The molecule has 31 heavy (non-hydrogen) atoms. The molecule has 0 aliphatic rings. The number of aromatic nitrogens is 3. The van der Waals surface area contributed by atoms with Gasteiger partial charge in [-0.15, -0.1) is 0 Å². The van der Waals surface area contributed by atoms with Crippen molar-refractivity contribution in [3.63, 3.8) is 0 Å². The number of carbonyl (C=O) groups is 2. The van der Waals surface area contributed by atoms with Crippen LogP contribution in [-0.2, 0) is 9.53 Å². The van der Waals surface area contributed by atoms with Gasteiger partial charge in [0.15, 0.2) is 11.6 Å². The average molecular weight is 593 g/mol. The van der Waals surface area contributed by atoms with E-state index in [1.165, 1.54) is 36.2 Å². The maximum absolute atomic E-state index is 14.8. The number of nitrogens with zero attached hydrogens (tertiary/aromatic N) is 3. The van der Waals surface area contributed by atoms with Gasteiger partial charge in [-0.2, -0.15) is 5.10 Å². The number of esters is 1. The number of amides is 1. The lowest BCUT2D eigenvalue weighted by molar-refractivity contribution is -0.114. The van der Waals surface area contributed by atoms with E-state index in [-0.39, 0.29) is 37.3 Å². The lowest BCUT2D eigenvalue weighted by Gasteiger charge is -2.12. The van der Waals surface area contributed by atoms with Gasteiger partial charge >= 0.3 is 5.97 Å². The largest absolute Gasteiger partial charge is 0.465 e. The van der Waals surface area contributed by atoms with Gasteiger partial charge in [-0.25, -0.2) is 18.9 Å². The molecule has 1 N–H and O–H groups in total. The molecule has 0 aliphatic heterocycles. The van der Waals surface area contributed by atoms with Crippen molar-refractivity contribution in [3.8, 4) is 5.82 Å². The van der Waals surface area contributed by atoms with Crippen LogP contribution in [0.15, 0.2) is 51.4 Å². The number of hydrogen-bond acceptors (Lipinski definition) is 5. The van der Waals surface area contributed by atoms with E-state index in [0.29, 0.717) is 4.60 Å². The van der Waals surface area contributed by atoms with Crippen molar-refractivity contribution in [1.82, 2.24) is 14.8 Å². The highest BCUT2D eigenvalue weighted by Gasteiger charge is 2.21. The third-order valence-electron chi connectivity index (χ3n) is 3.84. The van der Waals surface area contributed by atoms with Crippen molar-refractivity contribution in [2.75, 3.05) is 12.4 Å². The summed E-state index contributed by atoms with van der Waals surface area (Å²) in [6, 6.07) is 7.46. The molecule has 0 saturated carbocycles. The van der Waals surface area contributed by atoms with Crippen LogP contribution < -0.4 is 5.32 Å². The highest BCUT2D eigenvalue weighted by Crippen LogP contribution is 2.32. The van der Waals surface area contributed by atoms with Crippen LogP contribution in [0.4, 0.5) is 10.1 Å². The first kappa shape index (κ1) is 23.4. The Morgan fingerprint density at radius 2 is 2.00 bits per heavy atom. The van der Waals surface area contributed by atoms with E-state index >= 15 is 0 Å². The molecular weight excluding hydrogens is 582 g/mol. The molecule has 12 heteroatoms. The molecule has 7 nitrogen and oxygen atoms in total. The van der Waals surface area contributed by atoms with Gasteiger partial charge in [0, 0.05) is 21.8 Å². The maximum Gasteiger partial charge on any atom is 0.340 e. The number of ether oxygens (including phenoxy) is 1. The van der Waals surface area contributed by atoms with Crippen LogP contribution in [0, 0.1) is 0 Å². The third kappa shape index (κ3) is 5.32. The third-order valence-corrected chi connectivity index (χ3v) is 5.36. The van der Waals surface area contributed by atoms with Gasteiger partial charge in [0.2, 0.25) is 0 Å². The highest BCUT2D eigenvalue weighted by atomic mass is 79.9. The van der Waals surface area contributed by atoms with Crippen LogP contribution >= 0.6 is 55.1 Å². The van der Waals surface area contributed by atoms with Gasteiger partial charge in [0.25, 0.3) is 5.91 Å². The molecule has 3 rings (SSSR count). The SMILES string of the molecule is COC(=O)c1cc(Cl)cc(Br)c1NC(=O)/C(F)=C/c1cc(Br)nn1-c1ncccc1Cl. The lowest BCUT2D eigenvalue weighted by atomic mass is 10.1. The summed E-state index contributed by atoms with van der Waals surface area (Å²) in [5.41, 5.74) is 0.159. The number of methoxy groups -OCH3 is 1. The fourth-order valence-corrected chi connectivity index (χ4v) is 4.02. The molecule has 160 valence electrons.